The molecule has 2 N–H and O–H groups in total. The van der Waals surface area contributed by atoms with Gasteiger partial charge >= 0.3 is 0 Å². The average Bonchev–Trinajstić information content (AvgIpc) is 2.36. The number of benzene rings is 1. The van der Waals surface area contributed by atoms with E-state index in [9.17, 15) is 0 Å². The van der Waals surface area contributed by atoms with Crippen molar-refractivity contribution < 1.29 is 9.47 Å². The van der Waals surface area contributed by atoms with Crippen LogP contribution in [-0.4, -0.2) is 19.8 Å². The van der Waals surface area contributed by atoms with Crippen molar-refractivity contribution in [3.63, 3.8) is 0 Å². The molecule has 0 bridgehead atoms. The highest BCUT2D eigenvalue weighted by molar-refractivity contribution is 9.10. The maximum absolute atomic E-state index is 5.98. The summed E-state index contributed by atoms with van der Waals surface area (Å²) in [5.74, 6) is 1.53. The molecule has 1 aromatic carbocycles. The third-order valence-electron chi connectivity index (χ3n) is 2.76. The molecule has 4 heteroatoms. The monoisotopic (exact) mass is 315 g/mol. The van der Waals surface area contributed by atoms with E-state index in [1.165, 1.54) is 0 Å². The second-order valence-corrected chi connectivity index (χ2v) is 5.18. The lowest BCUT2D eigenvalue weighted by Crippen LogP contribution is -2.21. The minimum Gasteiger partial charge on any atom is -0.493 e. The maximum atomic E-state index is 5.98. The van der Waals surface area contributed by atoms with Crippen LogP contribution in [0.4, 0.5) is 0 Å². The molecular weight excluding hydrogens is 294 g/mol. The molecule has 0 heterocycles. The summed E-state index contributed by atoms with van der Waals surface area (Å²) in [7, 11) is 1.66. The van der Waals surface area contributed by atoms with Gasteiger partial charge < -0.3 is 15.2 Å². The van der Waals surface area contributed by atoms with Gasteiger partial charge in [0.25, 0.3) is 0 Å². The lowest BCUT2D eigenvalue weighted by molar-refractivity contribution is 0.292. The van der Waals surface area contributed by atoms with Crippen LogP contribution < -0.4 is 15.2 Å². The third kappa shape index (κ3) is 4.18. The van der Waals surface area contributed by atoms with Gasteiger partial charge in [-0.3, -0.25) is 0 Å². The Kier molecular flexibility index (Phi) is 6.50. The largest absolute Gasteiger partial charge is 0.493 e. The van der Waals surface area contributed by atoms with Gasteiger partial charge in [0.15, 0.2) is 11.5 Å². The minimum atomic E-state index is 0.184. The van der Waals surface area contributed by atoms with Gasteiger partial charge in [-0.05, 0) is 52.9 Å². The van der Waals surface area contributed by atoms with E-state index in [1.807, 2.05) is 6.07 Å². The fourth-order valence-corrected chi connectivity index (χ4v) is 2.29. The lowest BCUT2D eigenvalue weighted by Gasteiger charge is -2.15. The van der Waals surface area contributed by atoms with E-state index in [0.29, 0.717) is 6.61 Å². The fourth-order valence-electron chi connectivity index (χ4n) is 1.68. The first-order valence-electron chi connectivity index (χ1n) is 6.37. The summed E-state index contributed by atoms with van der Waals surface area (Å²) in [4.78, 5) is 0. The Hall–Kier alpha value is -0.740. The molecule has 0 aliphatic carbocycles. The van der Waals surface area contributed by atoms with Gasteiger partial charge in [0.05, 0.1) is 18.2 Å². The topological polar surface area (TPSA) is 44.5 Å². The van der Waals surface area contributed by atoms with Crippen LogP contribution in [0.1, 0.15) is 32.3 Å². The summed E-state index contributed by atoms with van der Waals surface area (Å²) < 4.78 is 12.0. The Morgan fingerprint density at radius 2 is 2.06 bits per heavy atom. The molecule has 0 aliphatic heterocycles. The standard InChI is InChI=1S/C14H22BrNO2/c1-4-6-18-14-12(15)8-10(7-11(16)5-2)9-13(14)17-3/h8-9,11H,4-7,16H2,1-3H3. The molecule has 1 rings (SSSR count). The maximum Gasteiger partial charge on any atom is 0.175 e. The Labute approximate surface area is 118 Å². The average molecular weight is 316 g/mol. The van der Waals surface area contributed by atoms with Gasteiger partial charge in [-0.2, -0.15) is 0 Å². The van der Waals surface area contributed by atoms with Crippen molar-refractivity contribution in [2.24, 2.45) is 5.73 Å². The first-order valence-corrected chi connectivity index (χ1v) is 7.16. The minimum absolute atomic E-state index is 0.184. The molecule has 0 saturated carbocycles. The number of rotatable bonds is 7. The Morgan fingerprint density at radius 3 is 2.61 bits per heavy atom. The van der Waals surface area contributed by atoms with Crippen LogP contribution in [0.3, 0.4) is 0 Å². The molecule has 1 aromatic rings. The molecule has 0 fully saturated rings. The highest BCUT2D eigenvalue weighted by atomic mass is 79.9. The van der Waals surface area contributed by atoms with Crippen LogP contribution in [0.2, 0.25) is 0 Å². The predicted octanol–water partition coefficient (Wildman–Crippen LogP) is 3.53. The van der Waals surface area contributed by atoms with E-state index in [1.54, 1.807) is 7.11 Å². The fraction of sp³-hybridized carbons (Fsp3) is 0.571. The second kappa shape index (κ2) is 7.64. The molecule has 18 heavy (non-hydrogen) atoms. The van der Waals surface area contributed by atoms with E-state index in [0.717, 1.165) is 40.8 Å². The SMILES string of the molecule is CCCOc1c(Br)cc(CC(N)CC)cc1OC. The molecule has 0 radical (unpaired) electrons. The number of hydrogen-bond donors (Lipinski definition) is 1. The smallest absolute Gasteiger partial charge is 0.175 e. The van der Waals surface area contributed by atoms with E-state index < -0.39 is 0 Å². The van der Waals surface area contributed by atoms with Crippen molar-refractivity contribution in [3.05, 3.63) is 22.2 Å². The van der Waals surface area contributed by atoms with Crippen molar-refractivity contribution in [2.75, 3.05) is 13.7 Å². The summed E-state index contributed by atoms with van der Waals surface area (Å²) in [5, 5.41) is 0. The van der Waals surface area contributed by atoms with Crippen LogP contribution >= 0.6 is 15.9 Å². The number of methoxy groups -OCH3 is 1. The van der Waals surface area contributed by atoms with Gasteiger partial charge in [-0.25, -0.2) is 0 Å². The van der Waals surface area contributed by atoms with E-state index >= 15 is 0 Å². The van der Waals surface area contributed by atoms with Crippen LogP contribution in [0.5, 0.6) is 11.5 Å². The Balaban J connectivity index is 2.95. The van der Waals surface area contributed by atoms with Crippen LogP contribution in [0.25, 0.3) is 0 Å². The predicted molar refractivity (Wildman–Crippen MR) is 78.5 cm³/mol. The summed E-state index contributed by atoms with van der Waals surface area (Å²) in [5.41, 5.74) is 7.14. The van der Waals surface area contributed by atoms with Crippen molar-refractivity contribution in [2.45, 2.75) is 39.2 Å². The van der Waals surface area contributed by atoms with Gasteiger partial charge in [-0.15, -0.1) is 0 Å². The molecule has 0 amide bonds. The van der Waals surface area contributed by atoms with Crippen LogP contribution in [0, 0.1) is 0 Å². The third-order valence-corrected chi connectivity index (χ3v) is 3.35. The van der Waals surface area contributed by atoms with Gasteiger partial charge in [0, 0.05) is 6.04 Å². The number of nitrogens with two attached hydrogens (primary N) is 1. The summed E-state index contributed by atoms with van der Waals surface area (Å²) in [6, 6.07) is 4.25. The van der Waals surface area contributed by atoms with Gasteiger partial charge in [0.2, 0.25) is 0 Å². The van der Waals surface area contributed by atoms with E-state index in [-0.39, 0.29) is 6.04 Å². The second-order valence-electron chi connectivity index (χ2n) is 4.33. The number of ether oxygens (including phenoxy) is 2. The highest BCUT2D eigenvalue weighted by Gasteiger charge is 2.12. The van der Waals surface area contributed by atoms with Crippen molar-refractivity contribution >= 4 is 15.9 Å². The summed E-state index contributed by atoms with van der Waals surface area (Å²) in [6.45, 7) is 4.85. The molecule has 1 unspecified atom stereocenters. The summed E-state index contributed by atoms with van der Waals surface area (Å²) in [6.07, 6.45) is 2.78. The molecule has 3 nitrogen and oxygen atoms in total. The Bertz CT molecular complexity index is 382. The molecule has 1 atom stereocenters. The first kappa shape index (κ1) is 15.3. The highest BCUT2D eigenvalue weighted by Crippen LogP contribution is 2.37. The van der Waals surface area contributed by atoms with Gasteiger partial charge in [0.1, 0.15) is 0 Å². The van der Waals surface area contributed by atoms with E-state index in [2.05, 4.69) is 35.8 Å². The molecule has 0 aromatic heterocycles. The molecule has 0 spiro atoms. The zero-order chi connectivity index (χ0) is 13.5. The van der Waals surface area contributed by atoms with Crippen molar-refractivity contribution in [3.8, 4) is 11.5 Å². The normalized spacial score (nSPS) is 12.3. The zero-order valence-corrected chi connectivity index (χ0v) is 12.9. The van der Waals surface area contributed by atoms with Crippen molar-refractivity contribution in [1.29, 1.82) is 0 Å². The first-order chi connectivity index (χ1) is 8.62. The summed E-state index contributed by atoms with van der Waals surface area (Å²) >= 11 is 3.54. The lowest BCUT2D eigenvalue weighted by atomic mass is 10.0. The number of halogens is 1. The molecule has 102 valence electrons. The molecule has 0 aliphatic rings. The quantitative estimate of drug-likeness (QED) is 0.837. The van der Waals surface area contributed by atoms with Gasteiger partial charge in [-0.1, -0.05) is 13.8 Å². The van der Waals surface area contributed by atoms with Crippen molar-refractivity contribution in [1.82, 2.24) is 0 Å². The van der Waals surface area contributed by atoms with Crippen LogP contribution in [-0.2, 0) is 6.42 Å². The molecule has 0 saturated heterocycles. The van der Waals surface area contributed by atoms with E-state index in [4.69, 9.17) is 15.2 Å². The Morgan fingerprint density at radius 1 is 1.33 bits per heavy atom. The molecular formula is C14H22BrNO2. The zero-order valence-electron chi connectivity index (χ0n) is 11.3. The van der Waals surface area contributed by atoms with Crippen LogP contribution in [0.15, 0.2) is 16.6 Å². The number of hydrogen-bond acceptors (Lipinski definition) is 3.